The summed E-state index contributed by atoms with van der Waals surface area (Å²) in [6, 6.07) is 6.07. The van der Waals surface area contributed by atoms with Crippen molar-refractivity contribution in [1.82, 2.24) is 0 Å². The van der Waals surface area contributed by atoms with E-state index >= 15 is 0 Å². The minimum Gasteiger partial charge on any atom is -0.317 e. The molecule has 0 aliphatic carbocycles. The van der Waals surface area contributed by atoms with E-state index in [1.165, 1.54) is 11.1 Å². The quantitative estimate of drug-likeness (QED) is 0.531. The first-order chi connectivity index (χ1) is 6.57. The molecule has 0 saturated heterocycles. The Bertz CT molecular complexity index is 305. The molecule has 0 spiro atoms. The topological polar surface area (TPSA) is 0 Å². The van der Waals surface area contributed by atoms with Crippen LogP contribution in [0.1, 0.15) is 50.7 Å². The van der Waals surface area contributed by atoms with Crippen molar-refractivity contribution in [2.45, 2.75) is 39.5 Å². The minimum atomic E-state index is -1.53. The molecule has 0 saturated carbocycles. The first-order valence-corrected chi connectivity index (χ1v) is 6.49. The van der Waals surface area contributed by atoms with Crippen LogP contribution in [0, 0.1) is 0 Å². The van der Waals surface area contributed by atoms with Crippen molar-refractivity contribution in [2.75, 3.05) is 0 Å². The molecular weight excluding hydrogens is 191 g/mol. The Morgan fingerprint density at radius 2 is 1.71 bits per heavy atom. The van der Waals surface area contributed by atoms with Gasteiger partial charge in [-0.2, -0.15) is 0 Å². The summed E-state index contributed by atoms with van der Waals surface area (Å²) >= 11 is 0. The predicted molar refractivity (Wildman–Crippen MR) is 63.9 cm³/mol. The highest BCUT2D eigenvalue weighted by Crippen LogP contribution is 2.24. The first kappa shape index (κ1) is 11.4. The van der Waals surface area contributed by atoms with Crippen LogP contribution in [0.4, 0.5) is 4.11 Å². The van der Waals surface area contributed by atoms with Gasteiger partial charge in [-0.1, -0.05) is 45.9 Å². The van der Waals surface area contributed by atoms with Crippen molar-refractivity contribution in [2.24, 2.45) is 0 Å². The summed E-state index contributed by atoms with van der Waals surface area (Å²) in [6.45, 7) is 8.64. The van der Waals surface area contributed by atoms with E-state index in [2.05, 4.69) is 33.8 Å². The van der Waals surface area contributed by atoms with Gasteiger partial charge in [-0.3, -0.25) is 0 Å². The Morgan fingerprint density at radius 1 is 1.07 bits per heavy atom. The number of hydrogen-bond acceptors (Lipinski definition) is 0. The predicted octanol–water partition coefficient (Wildman–Crippen LogP) is 2.61. The fourth-order valence-corrected chi connectivity index (χ4v) is 2.94. The van der Waals surface area contributed by atoms with E-state index in [-0.39, 0.29) is 0 Å². The maximum atomic E-state index is 12.9. The lowest BCUT2D eigenvalue weighted by molar-refractivity contribution is 0.792. The van der Waals surface area contributed by atoms with Gasteiger partial charge >= 0.3 is 0 Å². The lowest BCUT2D eigenvalue weighted by Gasteiger charge is -2.18. The van der Waals surface area contributed by atoms with Gasteiger partial charge in [0.1, 0.15) is 0 Å². The van der Waals surface area contributed by atoms with Gasteiger partial charge in [0.15, 0.2) is 0 Å². The molecule has 0 aliphatic rings. The lowest BCUT2D eigenvalue weighted by Crippen LogP contribution is -2.19. The third-order valence-corrected chi connectivity index (χ3v) is 3.48. The van der Waals surface area contributed by atoms with Gasteiger partial charge in [-0.05, 0) is 28.1 Å². The Labute approximate surface area is 88.5 Å². The maximum Gasteiger partial charge on any atom is 0.247 e. The Morgan fingerprint density at radius 3 is 2.14 bits per heavy atom. The fourth-order valence-electron chi connectivity index (χ4n) is 1.96. The highest BCUT2D eigenvalue weighted by atomic mass is 28.3. The minimum absolute atomic E-state index is 0.437. The Hall–Kier alpha value is -0.633. The van der Waals surface area contributed by atoms with Gasteiger partial charge in [0.2, 0.25) is 9.85 Å². The normalized spacial score (nSPS) is 12.2. The van der Waals surface area contributed by atoms with E-state index in [0.29, 0.717) is 11.8 Å². The summed E-state index contributed by atoms with van der Waals surface area (Å²) < 4.78 is 12.9. The monoisotopic (exact) mass is 210 g/mol. The van der Waals surface area contributed by atoms with E-state index < -0.39 is 9.85 Å². The van der Waals surface area contributed by atoms with Crippen LogP contribution in [0.15, 0.2) is 18.2 Å². The Balaban J connectivity index is 3.28. The zero-order valence-electron chi connectivity index (χ0n) is 9.47. The van der Waals surface area contributed by atoms with E-state index in [1.54, 1.807) is 0 Å². The molecule has 0 N–H and O–H groups in total. The third kappa shape index (κ3) is 2.24. The van der Waals surface area contributed by atoms with E-state index in [4.69, 9.17) is 0 Å². The number of hydrogen-bond donors (Lipinski definition) is 0. The summed E-state index contributed by atoms with van der Waals surface area (Å²) in [5, 5.41) is 0.992. The van der Waals surface area contributed by atoms with Crippen LogP contribution in [-0.4, -0.2) is 9.85 Å². The maximum absolute atomic E-state index is 12.9. The van der Waals surface area contributed by atoms with Crippen LogP contribution in [0.2, 0.25) is 0 Å². The van der Waals surface area contributed by atoms with Gasteiger partial charge in [-0.15, -0.1) is 0 Å². The molecule has 0 unspecified atom stereocenters. The highest BCUT2D eigenvalue weighted by molar-refractivity contribution is 6.47. The molecular formula is C12H19FSi. The molecule has 0 heterocycles. The van der Waals surface area contributed by atoms with Crippen LogP contribution in [-0.2, 0) is 0 Å². The van der Waals surface area contributed by atoms with Gasteiger partial charge in [0.25, 0.3) is 0 Å². The number of rotatable bonds is 3. The molecule has 0 nitrogen and oxygen atoms in total. The van der Waals surface area contributed by atoms with Crippen molar-refractivity contribution in [3.8, 4) is 0 Å². The first-order valence-electron chi connectivity index (χ1n) is 5.25. The number of benzene rings is 1. The molecule has 0 bridgehead atoms. The lowest BCUT2D eigenvalue weighted by atomic mass is 9.91. The van der Waals surface area contributed by atoms with Gasteiger partial charge in [0.05, 0.1) is 0 Å². The average Bonchev–Trinajstić information content (AvgIpc) is 2.16. The molecule has 14 heavy (non-hydrogen) atoms. The van der Waals surface area contributed by atoms with Crippen LogP contribution in [0.3, 0.4) is 0 Å². The summed E-state index contributed by atoms with van der Waals surface area (Å²) in [5.41, 5.74) is 2.58. The summed E-state index contributed by atoms with van der Waals surface area (Å²) in [5.74, 6) is 0.930. The van der Waals surface area contributed by atoms with E-state index in [1.807, 2.05) is 12.1 Å². The molecule has 0 aliphatic heterocycles. The smallest absolute Gasteiger partial charge is 0.247 e. The molecule has 0 amide bonds. The van der Waals surface area contributed by atoms with Gasteiger partial charge in [0, 0.05) is 0 Å². The third-order valence-electron chi connectivity index (χ3n) is 2.57. The van der Waals surface area contributed by atoms with Crippen LogP contribution in [0.25, 0.3) is 0 Å². The van der Waals surface area contributed by atoms with Crippen molar-refractivity contribution >= 4 is 15.0 Å². The largest absolute Gasteiger partial charge is 0.317 e. The van der Waals surface area contributed by atoms with Crippen LogP contribution >= 0.6 is 0 Å². The second kappa shape index (κ2) is 4.74. The molecule has 78 valence electrons. The molecule has 0 aromatic heterocycles. The fraction of sp³-hybridized carbons (Fsp3) is 0.500. The van der Waals surface area contributed by atoms with Gasteiger partial charge in [-0.25, -0.2) is 0 Å². The van der Waals surface area contributed by atoms with Crippen molar-refractivity contribution in [1.29, 1.82) is 0 Å². The SMILES string of the molecule is CC(C)c1cccc([SiH2]F)c1C(C)C. The Kier molecular flexibility index (Phi) is 3.87. The molecule has 2 heteroatoms. The summed E-state index contributed by atoms with van der Waals surface area (Å²) in [7, 11) is -1.53. The number of halogens is 1. The van der Waals surface area contributed by atoms with E-state index in [0.717, 1.165) is 5.19 Å². The molecule has 0 atom stereocenters. The zero-order valence-corrected chi connectivity index (χ0v) is 10.9. The van der Waals surface area contributed by atoms with Crippen molar-refractivity contribution in [3.05, 3.63) is 29.3 Å². The van der Waals surface area contributed by atoms with E-state index in [9.17, 15) is 4.11 Å². The second-order valence-corrected chi connectivity index (χ2v) is 5.39. The van der Waals surface area contributed by atoms with Crippen LogP contribution in [0.5, 0.6) is 0 Å². The molecule has 1 aromatic carbocycles. The average molecular weight is 210 g/mol. The van der Waals surface area contributed by atoms with Crippen molar-refractivity contribution < 1.29 is 4.11 Å². The highest BCUT2D eigenvalue weighted by Gasteiger charge is 2.13. The molecule has 0 radical (unpaired) electrons. The molecule has 1 aromatic rings. The summed E-state index contributed by atoms with van der Waals surface area (Å²) in [6.07, 6.45) is 0. The molecule has 1 rings (SSSR count). The molecule has 0 fully saturated rings. The van der Waals surface area contributed by atoms with Crippen LogP contribution < -0.4 is 5.19 Å². The summed E-state index contributed by atoms with van der Waals surface area (Å²) in [4.78, 5) is 0. The zero-order chi connectivity index (χ0) is 10.7. The second-order valence-electron chi connectivity index (χ2n) is 4.36. The van der Waals surface area contributed by atoms with Crippen molar-refractivity contribution in [3.63, 3.8) is 0 Å². The standard InChI is InChI=1S/C12H19FSi/c1-8(2)10-6-5-7-11(14-13)12(10)9(3)4/h5-9H,14H2,1-4H3. The van der Waals surface area contributed by atoms with Gasteiger partial charge < -0.3 is 4.11 Å².